The Bertz CT molecular complexity index is 788. The first-order valence-corrected chi connectivity index (χ1v) is 8.08. The van der Waals surface area contributed by atoms with E-state index in [4.69, 9.17) is 23.2 Å². The van der Waals surface area contributed by atoms with Crippen LogP contribution in [0, 0.1) is 12.8 Å². The average Bonchev–Trinajstić information content (AvgIpc) is 2.77. The number of halogens is 2. The van der Waals surface area contributed by atoms with Crippen molar-refractivity contribution in [2.45, 2.75) is 19.8 Å². The number of aryl methyl sites for hydroxylation is 1. The van der Waals surface area contributed by atoms with Crippen LogP contribution in [0.15, 0.2) is 42.5 Å². The zero-order valence-corrected chi connectivity index (χ0v) is 14.1. The molecule has 0 bridgehead atoms. The highest BCUT2D eigenvalue weighted by Gasteiger charge is 2.39. The zero-order valence-electron chi connectivity index (χ0n) is 12.6. The fourth-order valence-electron chi connectivity index (χ4n) is 2.87. The molecule has 3 nitrogen and oxygen atoms in total. The molecule has 0 N–H and O–H groups in total. The number of carbonyl (C=O) groups is 2. The lowest BCUT2D eigenvalue weighted by Crippen LogP contribution is -2.30. The number of carbonyl (C=O) groups excluding carboxylic acids is 2. The highest BCUT2D eigenvalue weighted by Crippen LogP contribution is 2.32. The summed E-state index contributed by atoms with van der Waals surface area (Å²) in [6.45, 7) is 2.01. The molecule has 2 amide bonds. The molecular weight excluding hydrogens is 333 g/mol. The smallest absolute Gasteiger partial charge is 0.237 e. The predicted molar refractivity (Wildman–Crippen MR) is 91.9 cm³/mol. The second kappa shape index (κ2) is 6.34. The van der Waals surface area contributed by atoms with Crippen molar-refractivity contribution in [2.24, 2.45) is 5.92 Å². The van der Waals surface area contributed by atoms with Crippen LogP contribution in [0.2, 0.25) is 10.0 Å². The monoisotopic (exact) mass is 347 g/mol. The summed E-state index contributed by atoms with van der Waals surface area (Å²) in [5.74, 6) is -0.723. The van der Waals surface area contributed by atoms with Crippen molar-refractivity contribution in [1.82, 2.24) is 0 Å². The molecule has 2 aromatic carbocycles. The van der Waals surface area contributed by atoms with Gasteiger partial charge in [0.2, 0.25) is 11.8 Å². The van der Waals surface area contributed by atoms with E-state index in [1.165, 1.54) is 4.90 Å². The number of amides is 2. The summed E-state index contributed by atoms with van der Waals surface area (Å²) >= 11 is 11.9. The van der Waals surface area contributed by atoms with Crippen LogP contribution in [-0.4, -0.2) is 11.8 Å². The third-order valence-electron chi connectivity index (χ3n) is 3.97. The lowest BCUT2D eigenvalue weighted by molar-refractivity contribution is -0.122. The first-order chi connectivity index (χ1) is 11.0. The van der Waals surface area contributed by atoms with Gasteiger partial charge in [-0.1, -0.05) is 53.0 Å². The van der Waals surface area contributed by atoms with Gasteiger partial charge in [0, 0.05) is 6.42 Å². The average molecular weight is 348 g/mol. The van der Waals surface area contributed by atoms with Crippen molar-refractivity contribution >= 4 is 40.7 Å². The largest absolute Gasteiger partial charge is 0.274 e. The third kappa shape index (κ3) is 3.26. The molecule has 1 fully saturated rings. The van der Waals surface area contributed by atoms with E-state index in [1.54, 1.807) is 18.2 Å². The molecule has 0 radical (unpaired) electrons. The minimum Gasteiger partial charge on any atom is -0.274 e. The first kappa shape index (κ1) is 16.0. The maximum absolute atomic E-state index is 12.6. The molecular formula is C18H15Cl2NO2. The van der Waals surface area contributed by atoms with E-state index in [1.807, 2.05) is 31.2 Å². The van der Waals surface area contributed by atoms with Crippen molar-refractivity contribution < 1.29 is 9.59 Å². The highest BCUT2D eigenvalue weighted by molar-refractivity contribution is 6.42. The summed E-state index contributed by atoms with van der Waals surface area (Å²) in [7, 11) is 0. The molecule has 0 spiro atoms. The number of rotatable bonds is 3. The van der Waals surface area contributed by atoms with E-state index >= 15 is 0 Å². The summed E-state index contributed by atoms with van der Waals surface area (Å²) in [6, 6.07) is 12.8. The van der Waals surface area contributed by atoms with Crippen LogP contribution >= 0.6 is 23.2 Å². The Morgan fingerprint density at radius 1 is 1.09 bits per heavy atom. The van der Waals surface area contributed by atoms with Gasteiger partial charge >= 0.3 is 0 Å². The SMILES string of the molecule is Cc1cccc(CC2CC(=O)N(c3ccc(Cl)c(Cl)c3)C2=O)c1. The van der Waals surface area contributed by atoms with E-state index in [-0.39, 0.29) is 24.2 Å². The molecule has 118 valence electrons. The summed E-state index contributed by atoms with van der Waals surface area (Å²) in [4.78, 5) is 26.1. The minimum atomic E-state index is -0.334. The van der Waals surface area contributed by atoms with Crippen LogP contribution in [0.1, 0.15) is 17.5 Å². The van der Waals surface area contributed by atoms with Crippen LogP contribution < -0.4 is 4.90 Å². The second-order valence-corrected chi connectivity index (χ2v) is 6.57. The van der Waals surface area contributed by atoms with Gasteiger partial charge in [0.05, 0.1) is 21.7 Å². The lowest BCUT2D eigenvalue weighted by atomic mass is 9.97. The molecule has 1 unspecified atom stereocenters. The van der Waals surface area contributed by atoms with E-state index in [0.29, 0.717) is 22.2 Å². The Morgan fingerprint density at radius 3 is 2.57 bits per heavy atom. The topological polar surface area (TPSA) is 37.4 Å². The zero-order chi connectivity index (χ0) is 16.6. The van der Waals surface area contributed by atoms with Gasteiger partial charge in [-0.2, -0.15) is 0 Å². The van der Waals surface area contributed by atoms with Gasteiger partial charge < -0.3 is 0 Å². The molecule has 5 heteroatoms. The Labute approximate surface area is 144 Å². The maximum atomic E-state index is 12.6. The van der Waals surface area contributed by atoms with E-state index in [2.05, 4.69) is 0 Å². The Hall–Kier alpha value is -1.84. The second-order valence-electron chi connectivity index (χ2n) is 5.76. The van der Waals surface area contributed by atoms with E-state index in [9.17, 15) is 9.59 Å². The molecule has 1 saturated heterocycles. The minimum absolute atomic E-state index is 0.185. The highest BCUT2D eigenvalue weighted by atomic mass is 35.5. The van der Waals surface area contributed by atoms with Crippen LogP contribution in [0.3, 0.4) is 0 Å². The van der Waals surface area contributed by atoms with Gasteiger partial charge in [0.1, 0.15) is 0 Å². The van der Waals surface area contributed by atoms with Crippen LogP contribution in [-0.2, 0) is 16.0 Å². The number of anilines is 1. The summed E-state index contributed by atoms with van der Waals surface area (Å²) in [6.07, 6.45) is 0.775. The predicted octanol–water partition coefficient (Wildman–Crippen LogP) is 4.42. The number of nitrogens with zero attached hydrogens (tertiary/aromatic N) is 1. The molecule has 1 aliphatic heterocycles. The molecule has 2 aromatic rings. The van der Waals surface area contributed by atoms with Crippen molar-refractivity contribution in [1.29, 1.82) is 0 Å². The van der Waals surface area contributed by atoms with Crippen molar-refractivity contribution in [3.05, 3.63) is 63.6 Å². The maximum Gasteiger partial charge on any atom is 0.237 e. The number of imide groups is 1. The molecule has 0 aliphatic carbocycles. The molecule has 1 aliphatic rings. The Balaban J connectivity index is 1.83. The third-order valence-corrected chi connectivity index (χ3v) is 4.71. The van der Waals surface area contributed by atoms with Gasteiger partial charge in [-0.25, -0.2) is 0 Å². The lowest BCUT2D eigenvalue weighted by Gasteiger charge is -2.16. The van der Waals surface area contributed by atoms with Gasteiger partial charge in [-0.15, -0.1) is 0 Å². The summed E-state index contributed by atoms with van der Waals surface area (Å²) in [5.41, 5.74) is 2.67. The van der Waals surface area contributed by atoms with Crippen molar-refractivity contribution in [3.63, 3.8) is 0 Å². The van der Waals surface area contributed by atoms with Gasteiger partial charge in [0.25, 0.3) is 0 Å². The fourth-order valence-corrected chi connectivity index (χ4v) is 3.17. The van der Waals surface area contributed by atoms with Crippen molar-refractivity contribution in [2.75, 3.05) is 4.90 Å². The van der Waals surface area contributed by atoms with Crippen LogP contribution in [0.25, 0.3) is 0 Å². The van der Waals surface area contributed by atoms with E-state index in [0.717, 1.165) is 11.1 Å². The van der Waals surface area contributed by atoms with Gasteiger partial charge in [-0.05, 0) is 37.1 Å². The van der Waals surface area contributed by atoms with Gasteiger partial charge in [-0.3, -0.25) is 14.5 Å². The Kier molecular flexibility index (Phi) is 4.42. The first-order valence-electron chi connectivity index (χ1n) is 7.33. The molecule has 1 atom stereocenters. The molecule has 23 heavy (non-hydrogen) atoms. The number of hydrogen-bond acceptors (Lipinski definition) is 2. The van der Waals surface area contributed by atoms with Crippen LogP contribution in [0.5, 0.6) is 0 Å². The fraction of sp³-hybridized carbons (Fsp3) is 0.222. The molecule has 0 aromatic heterocycles. The molecule has 3 rings (SSSR count). The van der Waals surface area contributed by atoms with Crippen LogP contribution in [0.4, 0.5) is 5.69 Å². The molecule has 0 saturated carbocycles. The summed E-state index contributed by atoms with van der Waals surface area (Å²) in [5, 5.41) is 0.720. The number of benzene rings is 2. The quantitative estimate of drug-likeness (QED) is 0.770. The number of hydrogen-bond donors (Lipinski definition) is 0. The normalized spacial score (nSPS) is 17.9. The van der Waals surface area contributed by atoms with E-state index < -0.39 is 0 Å². The van der Waals surface area contributed by atoms with Gasteiger partial charge in [0.15, 0.2) is 0 Å². The Morgan fingerprint density at radius 2 is 1.87 bits per heavy atom. The standard InChI is InChI=1S/C18H15Cl2NO2/c1-11-3-2-4-12(7-11)8-13-9-17(22)21(18(13)23)14-5-6-15(19)16(20)10-14/h2-7,10,13H,8-9H2,1H3. The summed E-state index contributed by atoms with van der Waals surface area (Å²) < 4.78 is 0. The molecule has 1 heterocycles. The van der Waals surface area contributed by atoms with Crippen molar-refractivity contribution in [3.8, 4) is 0 Å².